The zero-order chi connectivity index (χ0) is 18.4. The van der Waals surface area contributed by atoms with E-state index in [2.05, 4.69) is 20.5 Å². The Balaban J connectivity index is 1.53. The predicted octanol–water partition coefficient (Wildman–Crippen LogP) is 1.15. The fourth-order valence-electron chi connectivity index (χ4n) is 3.59. The first kappa shape index (κ1) is 19.3. The quantitative estimate of drug-likeness (QED) is 0.773. The number of anilines is 1. The first-order valence-corrected chi connectivity index (χ1v) is 10.3. The molecule has 3 rings (SSSR count). The molecule has 2 fully saturated rings. The number of hydrogen-bond acceptors (Lipinski definition) is 6. The maximum absolute atomic E-state index is 12.4. The van der Waals surface area contributed by atoms with Gasteiger partial charge in [-0.3, -0.25) is 4.90 Å². The first-order chi connectivity index (χ1) is 12.6. The molecule has 0 aromatic carbocycles. The molecule has 26 heavy (non-hydrogen) atoms. The van der Waals surface area contributed by atoms with Gasteiger partial charge in [-0.05, 0) is 18.2 Å². The number of pyridine rings is 1. The highest BCUT2D eigenvalue weighted by molar-refractivity contribution is 7.99. The van der Waals surface area contributed by atoms with E-state index in [0.717, 1.165) is 55.6 Å². The molecule has 1 aromatic rings. The lowest BCUT2D eigenvalue weighted by molar-refractivity contribution is -0.0124. The summed E-state index contributed by atoms with van der Waals surface area (Å²) in [5, 5.41) is 6.07. The van der Waals surface area contributed by atoms with E-state index in [9.17, 15) is 4.79 Å². The van der Waals surface area contributed by atoms with Gasteiger partial charge in [-0.15, -0.1) is 0 Å². The second kappa shape index (κ2) is 8.92. The van der Waals surface area contributed by atoms with Crippen LogP contribution in [0.2, 0.25) is 0 Å². The fourth-order valence-corrected chi connectivity index (χ4v) is 5.07. The lowest BCUT2D eigenvalue weighted by atomic mass is 9.95. The number of hydrogen-bond donors (Lipinski definition) is 2. The average Bonchev–Trinajstić information content (AvgIpc) is 3.16. The molecule has 2 aliphatic rings. The van der Waals surface area contributed by atoms with Crippen LogP contribution in [0.4, 0.5) is 10.6 Å². The zero-order valence-electron chi connectivity index (χ0n) is 15.7. The lowest BCUT2D eigenvalue weighted by Gasteiger charge is -2.43. The SMILES string of the molecule is CN(C)c1ncccc1CNC(=O)NC[C@@]1(N2CCOCC2)CCSC1. The van der Waals surface area contributed by atoms with Crippen molar-refractivity contribution in [2.75, 3.05) is 63.3 Å². The van der Waals surface area contributed by atoms with E-state index in [1.54, 1.807) is 6.20 Å². The van der Waals surface area contributed by atoms with Crippen LogP contribution in [0.3, 0.4) is 0 Å². The van der Waals surface area contributed by atoms with E-state index < -0.39 is 0 Å². The fraction of sp³-hybridized carbons (Fsp3) is 0.667. The smallest absolute Gasteiger partial charge is 0.315 e. The van der Waals surface area contributed by atoms with Crippen LogP contribution in [0.1, 0.15) is 12.0 Å². The Morgan fingerprint density at radius 2 is 2.19 bits per heavy atom. The van der Waals surface area contributed by atoms with Crippen molar-refractivity contribution >= 4 is 23.6 Å². The van der Waals surface area contributed by atoms with Gasteiger partial charge < -0.3 is 20.3 Å². The van der Waals surface area contributed by atoms with Gasteiger partial charge in [-0.1, -0.05) is 6.07 Å². The second-order valence-electron chi connectivity index (χ2n) is 7.04. The number of thioether (sulfide) groups is 1. The minimum Gasteiger partial charge on any atom is -0.379 e. The molecular weight excluding hydrogens is 350 g/mol. The molecule has 0 spiro atoms. The number of nitrogens with one attached hydrogen (secondary N) is 2. The van der Waals surface area contributed by atoms with Gasteiger partial charge in [0.2, 0.25) is 0 Å². The molecule has 2 N–H and O–H groups in total. The minimum atomic E-state index is -0.122. The highest BCUT2D eigenvalue weighted by Gasteiger charge is 2.40. The third kappa shape index (κ3) is 4.61. The normalized spacial score (nSPS) is 23.6. The number of ether oxygens (including phenoxy) is 1. The molecule has 2 aliphatic heterocycles. The highest BCUT2D eigenvalue weighted by atomic mass is 32.2. The van der Waals surface area contributed by atoms with Gasteiger partial charge >= 0.3 is 6.03 Å². The Bertz CT molecular complexity index is 601. The van der Waals surface area contributed by atoms with Gasteiger partial charge in [0.1, 0.15) is 5.82 Å². The molecule has 1 atom stereocenters. The molecular formula is C18H29N5O2S. The zero-order valence-corrected chi connectivity index (χ0v) is 16.5. The number of rotatable bonds is 6. The van der Waals surface area contributed by atoms with Crippen molar-refractivity contribution in [3.8, 4) is 0 Å². The molecule has 0 unspecified atom stereocenters. The van der Waals surface area contributed by atoms with Crippen LogP contribution < -0.4 is 15.5 Å². The molecule has 7 nitrogen and oxygen atoms in total. The molecule has 2 amide bonds. The summed E-state index contributed by atoms with van der Waals surface area (Å²) in [6, 6.07) is 3.76. The summed E-state index contributed by atoms with van der Waals surface area (Å²) in [6.45, 7) is 4.61. The topological polar surface area (TPSA) is 69.7 Å². The third-order valence-corrected chi connectivity index (χ3v) is 6.31. The van der Waals surface area contributed by atoms with Crippen LogP contribution in [-0.4, -0.2) is 79.9 Å². The van der Waals surface area contributed by atoms with E-state index >= 15 is 0 Å². The largest absolute Gasteiger partial charge is 0.379 e. The van der Waals surface area contributed by atoms with Crippen LogP contribution in [0.15, 0.2) is 18.3 Å². The summed E-state index contributed by atoms with van der Waals surface area (Å²) in [5.41, 5.74) is 1.07. The number of morpholine rings is 1. The first-order valence-electron chi connectivity index (χ1n) is 9.14. The second-order valence-corrected chi connectivity index (χ2v) is 8.15. The molecule has 1 aromatic heterocycles. The monoisotopic (exact) mass is 379 g/mol. The van der Waals surface area contributed by atoms with E-state index in [0.29, 0.717) is 13.1 Å². The van der Waals surface area contributed by atoms with Gasteiger partial charge in [0.25, 0.3) is 0 Å². The number of carbonyl (C=O) groups is 1. The van der Waals surface area contributed by atoms with E-state index in [1.807, 2.05) is 42.9 Å². The third-order valence-electron chi connectivity index (χ3n) is 5.07. The minimum absolute atomic E-state index is 0.0644. The summed E-state index contributed by atoms with van der Waals surface area (Å²) >= 11 is 1.97. The maximum atomic E-state index is 12.4. The highest BCUT2D eigenvalue weighted by Crippen LogP contribution is 2.33. The van der Waals surface area contributed by atoms with Crippen molar-refractivity contribution in [1.29, 1.82) is 0 Å². The van der Waals surface area contributed by atoms with Crippen molar-refractivity contribution in [2.24, 2.45) is 0 Å². The Labute approximate surface area is 159 Å². The summed E-state index contributed by atoms with van der Waals surface area (Å²) in [4.78, 5) is 21.2. The van der Waals surface area contributed by atoms with Gasteiger partial charge in [0, 0.05) is 63.3 Å². The Kier molecular flexibility index (Phi) is 6.61. The van der Waals surface area contributed by atoms with E-state index in [1.165, 1.54) is 0 Å². The van der Waals surface area contributed by atoms with Gasteiger partial charge in [0.05, 0.1) is 13.2 Å². The van der Waals surface area contributed by atoms with Crippen molar-refractivity contribution in [1.82, 2.24) is 20.5 Å². The average molecular weight is 380 g/mol. The van der Waals surface area contributed by atoms with Crippen molar-refractivity contribution in [2.45, 2.75) is 18.5 Å². The summed E-state index contributed by atoms with van der Waals surface area (Å²) in [7, 11) is 3.91. The Hall–Kier alpha value is -1.51. The van der Waals surface area contributed by atoms with Gasteiger partial charge in [0.15, 0.2) is 0 Å². The molecule has 0 saturated carbocycles. The molecule has 0 aliphatic carbocycles. The van der Waals surface area contributed by atoms with E-state index in [4.69, 9.17) is 4.74 Å². The van der Waals surface area contributed by atoms with Gasteiger partial charge in [-0.2, -0.15) is 11.8 Å². The van der Waals surface area contributed by atoms with Crippen molar-refractivity contribution in [3.63, 3.8) is 0 Å². The van der Waals surface area contributed by atoms with Crippen LogP contribution in [0, 0.1) is 0 Å². The number of carbonyl (C=O) groups excluding carboxylic acids is 1. The molecule has 0 radical (unpaired) electrons. The summed E-state index contributed by atoms with van der Waals surface area (Å²) in [6.07, 6.45) is 2.88. The summed E-state index contributed by atoms with van der Waals surface area (Å²) < 4.78 is 5.49. The number of amides is 2. The van der Waals surface area contributed by atoms with Crippen molar-refractivity contribution < 1.29 is 9.53 Å². The van der Waals surface area contributed by atoms with Crippen LogP contribution >= 0.6 is 11.8 Å². The van der Waals surface area contributed by atoms with Crippen LogP contribution in [0.25, 0.3) is 0 Å². The Morgan fingerprint density at radius 1 is 1.38 bits per heavy atom. The standard InChI is InChI=1S/C18H29N5O2S/c1-22(2)16-15(4-3-6-19-16)12-20-17(24)21-13-18(5-11-26-14-18)23-7-9-25-10-8-23/h3-4,6H,5,7-14H2,1-2H3,(H2,20,21,24)/t18-/m0/s1. The molecule has 8 heteroatoms. The molecule has 3 heterocycles. The summed E-state index contributed by atoms with van der Waals surface area (Å²) in [5.74, 6) is 3.10. The van der Waals surface area contributed by atoms with Crippen LogP contribution in [-0.2, 0) is 11.3 Å². The van der Waals surface area contributed by atoms with Crippen molar-refractivity contribution in [3.05, 3.63) is 23.9 Å². The molecule has 144 valence electrons. The van der Waals surface area contributed by atoms with E-state index in [-0.39, 0.29) is 11.6 Å². The maximum Gasteiger partial charge on any atom is 0.315 e. The molecule has 2 saturated heterocycles. The van der Waals surface area contributed by atoms with Gasteiger partial charge in [-0.25, -0.2) is 9.78 Å². The lowest BCUT2D eigenvalue weighted by Crippen LogP contribution is -2.59. The molecule has 0 bridgehead atoms. The number of aromatic nitrogens is 1. The van der Waals surface area contributed by atoms with Crippen LogP contribution in [0.5, 0.6) is 0 Å². The number of nitrogens with zero attached hydrogens (tertiary/aromatic N) is 3. The number of urea groups is 1. The predicted molar refractivity (Wildman–Crippen MR) is 106 cm³/mol. The Morgan fingerprint density at radius 3 is 2.88 bits per heavy atom.